The van der Waals surface area contributed by atoms with E-state index in [1.165, 1.54) is 37.9 Å². The lowest BCUT2D eigenvalue weighted by Crippen LogP contribution is -2.32. The molecule has 1 unspecified atom stereocenters. The number of hydrogen-bond donors (Lipinski definition) is 1. The molecule has 1 saturated heterocycles. The average molecular weight is 146 g/mol. The molecular formula is C6H14N2S. The van der Waals surface area contributed by atoms with Gasteiger partial charge in [-0.25, -0.2) is 4.31 Å². The van der Waals surface area contributed by atoms with Gasteiger partial charge in [0.25, 0.3) is 0 Å². The zero-order valence-corrected chi connectivity index (χ0v) is 6.66. The second kappa shape index (κ2) is 3.44. The molecule has 0 aromatic heterocycles. The molecule has 54 valence electrons. The van der Waals surface area contributed by atoms with Gasteiger partial charge in [0.15, 0.2) is 0 Å². The van der Waals surface area contributed by atoms with Gasteiger partial charge in [0.05, 0.1) is 0 Å². The third kappa shape index (κ3) is 1.85. The minimum atomic E-state index is 0.689. The lowest BCUT2D eigenvalue weighted by molar-refractivity contribution is 0.292. The minimum absolute atomic E-state index is 0.689. The molecular weight excluding hydrogens is 132 g/mol. The molecule has 1 rings (SSSR count). The third-order valence-electron chi connectivity index (χ3n) is 1.88. The van der Waals surface area contributed by atoms with E-state index >= 15 is 0 Å². The van der Waals surface area contributed by atoms with E-state index in [4.69, 9.17) is 5.14 Å². The maximum Gasteiger partial charge on any atom is 0.0186 e. The molecule has 9 heavy (non-hydrogen) atoms. The summed E-state index contributed by atoms with van der Waals surface area (Å²) in [5.41, 5.74) is 0. The number of rotatable bonds is 1. The zero-order valence-electron chi connectivity index (χ0n) is 5.84. The van der Waals surface area contributed by atoms with Crippen molar-refractivity contribution in [2.75, 3.05) is 6.54 Å². The average Bonchev–Trinajstić information content (AvgIpc) is 1.89. The van der Waals surface area contributed by atoms with Crippen LogP contribution in [0.25, 0.3) is 0 Å². The molecule has 1 fully saturated rings. The van der Waals surface area contributed by atoms with Gasteiger partial charge in [-0.2, -0.15) is 0 Å². The molecule has 0 spiro atoms. The van der Waals surface area contributed by atoms with Crippen LogP contribution in [-0.4, -0.2) is 16.9 Å². The highest BCUT2D eigenvalue weighted by Gasteiger charge is 2.16. The highest BCUT2D eigenvalue weighted by atomic mass is 32.2. The smallest absolute Gasteiger partial charge is 0.0186 e. The minimum Gasteiger partial charge on any atom is -0.264 e. The number of nitrogens with zero attached hydrogens (tertiary/aromatic N) is 1. The summed E-state index contributed by atoms with van der Waals surface area (Å²) in [7, 11) is 0. The van der Waals surface area contributed by atoms with Gasteiger partial charge in [-0.05, 0) is 19.8 Å². The van der Waals surface area contributed by atoms with Crippen molar-refractivity contribution >= 4 is 12.1 Å². The lowest BCUT2D eigenvalue weighted by atomic mass is 10.1. The van der Waals surface area contributed by atoms with Gasteiger partial charge < -0.3 is 0 Å². The third-order valence-corrected chi connectivity index (χ3v) is 2.69. The van der Waals surface area contributed by atoms with Gasteiger partial charge in [-0.15, -0.1) is 0 Å². The normalized spacial score (nSPS) is 30.7. The Hall–Kier alpha value is 0.270. The van der Waals surface area contributed by atoms with Crippen molar-refractivity contribution in [2.24, 2.45) is 5.14 Å². The van der Waals surface area contributed by atoms with Crippen LogP contribution in [0.2, 0.25) is 0 Å². The molecule has 0 aromatic carbocycles. The fourth-order valence-electron chi connectivity index (χ4n) is 1.23. The van der Waals surface area contributed by atoms with Crippen molar-refractivity contribution in [2.45, 2.75) is 32.2 Å². The molecule has 2 nitrogen and oxygen atoms in total. The fourth-order valence-corrected chi connectivity index (χ4v) is 1.78. The van der Waals surface area contributed by atoms with Gasteiger partial charge in [0.2, 0.25) is 0 Å². The summed E-state index contributed by atoms with van der Waals surface area (Å²) in [5, 5.41) is 5.44. The predicted octanol–water partition coefficient (Wildman–Crippen LogP) is 1.38. The van der Waals surface area contributed by atoms with E-state index in [-0.39, 0.29) is 0 Å². The largest absolute Gasteiger partial charge is 0.264 e. The Kier molecular flexibility index (Phi) is 2.82. The molecule has 0 amide bonds. The summed E-state index contributed by atoms with van der Waals surface area (Å²) in [6, 6.07) is 0.689. The Labute approximate surface area is 61.1 Å². The monoisotopic (exact) mass is 146 g/mol. The summed E-state index contributed by atoms with van der Waals surface area (Å²) in [6.45, 7) is 3.40. The standard InChI is InChI=1S/C6H14N2S/c1-6-4-2-3-5-8(6)9-7/h6H,2-5,7H2,1H3. The van der Waals surface area contributed by atoms with Crippen molar-refractivity contribution in [3.8, 4) is 0 Å². The molecule has 0 aromatic rings. The zero-order chi connectivity index (χ0) is 6.69. The molecule has 0 aliphatic carbocycles. The Morgan fingerprint density at radius 3 is 2.78 bits per heavy atom. The van der Waals surface area contributed by atoms with Crippen molar-refractivity contribution in [1.29, 1.82) is 0 Å². The van der Waals surface area contributed by atoms with Crippen LogP contribution in [0.1, 0.15) is 26.2 Å². The van der Waals surface area contributed by atoms with Crippen molar-refractivity contribution < 1.29 is 0 Å². The van der Waals surface area contributed by atoms with Crippen LogP contribution in [0.3, 0.4) is 0 Å². The first-order valence-electron chi connectivity index (χ1n) is 3.48. The van der Waals surface area contributed by atoms with E-state index in [1.807, 2.05) is 0 Å². The molecule has 1 heterocycles. The second-order valence-corrected chi connectivity index (χ2v) is 3.27. The molecule has 2 N–H and O–H groups in total. The molecule has 0 saturated carbocycles. The fraction of sp³-hybridized carbons (Fsp3) is 1.00. The SMILES string of the molecule is CC1CCCCN1SN. The van der Waals surface area contributed by atoms with Crippen molar-refractivity contribution in [3.63, 3.8) is 0 Å². The predicted molar refractivity (Wildman–Crippen MR) is 41.8 cm³/mol. The Balaban J connectivity index is 2.30. The van der Waals surface area contributed by atoms with Crippen LogP contribution in [-0.2, 0) is 0 Å². The Morgan fingerprint density at radius 2 is 2.33 bits per heavy atom. The van der Waals surface area contributed by atoms with E-state index in [0.717, 1.165) is 0 Å². The van der Waals surface area contributed by atoms with Crippen LogP contribution < -0.4 is 5.14 Å². The topological polar surface area (TPSA) is 29.3 Å². The molecule has 0 bridgehead atoms. The number of hydrogen-bond acceptors (Lipinski definition) is 3. The summed E-state index contributed by atoms with van der Waals surface area (Å²) in [4.78, 5) is 0. The van der Waals surface area contributed by atoms with Gasteiger partial charge in [-0.3, -0.25) is 5.14 Å². The van der Waals surface area contributed by atoms with Crippen LogP contribution in [0.15, 0.2) is 0 Å². The number of nitrogens with two attached hydrogens (primary N) is 1. The van der Waals surface area contributed by atoms with Crippen molar-refractivity contribution in [3.05, 3.63) is 0 Å². The van der Waals surface area contributed by atoms with Crippen LogP contribution in [0.4, 0.5) is 0 Å². The maximum absolute atomic E-state index is 5.44. The molecule has 1 aliphatic rings. The van der Waals surface area contributed by atoms with Gasteiger partial charge in [-0.1, -0.05) is 6.42 Å². The second-order valence-electron chi connectivity index (χ2n) is 2.59. The molecule has 1 aliphatic heterocycles. The highest BCUT2D eigenvalue weighted by Crippen LogP contribution is 2.20. The van der Waals surface area contributed by atoms with E-state index < -0.39 is 0 Å². The number of piperidine rings is 1. The molecule has 1 atom stereocenters. The molecule has 3 heteroatoms. The summed E-state index contributed by atoms with van der Waals surface area (Å²) in [6.07, 6.45) is 4.00. The lowest BCUT2D eigenvalue weighted by Gasteiger charge is -2.29. The van der Waals surface area contributed by atoms with Gasteiger partial charge in [0.1, 0.15) is 0 Å². The first-order chi connectivity index (χ1) is 4.34. The van der Waals surface area contributed by atoms with E-state index in [1.54, 1.807) is 0 Å². The molecule has 0 radical (unpaired) electrons. The van der Waals surface area contributed by atoms with E-state index in [9.17, 15) is 0 Å². The summed E-state index contributed by atoms with van der Waals surface area (Å²) in [5.74, 6) is 0. The van der Waals surface area contributed by atoms with E-state index in [2.05, 4.69) is 11.2 Å². The first kappa shape index (κ1) is 7.38. The Morgan fingerprint density at radius 1 is 1.56 bits per heavy atom. The maximum atomic E-state index is 5.44. The van der Waals surface area contributed by atoms with Gasteiger partial charge >= 0.3 is 0 Å². The van der Waals surface area contributed by atoms with Crippen LogP contribution >= 0.6 is 12.1 Å². The van der Waals surface area contributed by atoms with Crippen molar-refractivity contribution in [1.82, 2.24) is 4.31 Å². The van der Waals surface area contributed by atoms with Crippen LogP contribution in [0, 0.1) is 0 Å². The first-order valence-corrected chi connectivity index (χ1v) is 4.31. The summed E-state index contributed by atoms with van der Waals surface area (Å²) < 4.78 is 2.25. The summed E-state index contributed by atoms with van der Waals surface area (Å²) >= 11 is 1.39. The quantitative estimate of drug-likeness (QED) is 0.567. The Bertz CT molecular complexity index is 87.1. The highest BCUT2D eigenvalue weighted by molar-refractivity contribution is 7.94. The van der Waals surface area contributed by atoms with Crippen LogP contribution in [0.5, 0.6) is 0 Å². The van der Waals surface area contributed by atoms with Gasteiger partial charge in [0, 0.05) is 24.7 Å². The van der Waals surface area contributed by atoms with E-state index in [0.29, 0.717) is 6.04 Å².